The first kappa shape index (κ1) is 7.19. The van der Waals surface area contributed by atoms with Crippen molar-refractivity contribution in [3.8, 4) is 0 Å². The Kier molecular flexibility index (Phi) is 2.00. The Morgan fingerprint density at radius 1 is 1.70 bits per heavy atom. The Hall–Kier alpha value is -0.920. The summed E-state index contributed by atoms with van der Waals surface area (Å²) in [6.07, 6.45) is 5.21. The molecule has 0 heterocycles. The van der Waals surface area contributed by atoms with Gasteiger partial charge in [-0.3, -0.25) is 0 Å². The minimum Gasteiger partial charge on any atom is -0.512 e. The van der Waals surface area contributed by atoms with Crippen LogP contribution in [0.25, 0.3) is 0 Å². The number of rotatable bonds is 1. The van der Waals surface area contributed by atoms with E-state index in [1.165, 1.54) is 0 Å². The fourth-order valence-electron chi connectivity index (χ4n) is 1.14. The highest BCUT2D eigenvalue weighted by Crippen LogP contribution is 2.23. The highest BCUT2D eigenvalue weighted by Gasteiger charge is 2.14. The molecule has 2 heteroatoms. The third-order valence-electron chi connectivity index (χ3n) is 1.86. The lowest BCUT2D eigenvalue weighted by Gasteiger charge is -2.17. The van der Waals surface area contributed by atoms with Crippen LogP contribution in [0.4, 0.5) is 0 Å². The van der Waals surface area contributed by atoms with Crippen LogP contribution in [0.5, 0.6) is 0 Å². The van der Waals surface area contributed by atoms with Crippen molar-refractivity contribution in [1.82, 2.24) is 0 Å². The Morgan fingerprint density at radius 3 is 2.90 bits per heavy atom. The minimum atomic E-state index is 0.255. The summed E-state index contributed by atoms with van der Waals surface area (Å²) in [7, 11) is 0. The Balaban J connectivity index is 2.68. The van der Waals surface area contributed by atoms with Gasteiger partial charge >= 0.3 is 0 Å². The van der Waals surface area contributed by atoms with Crippen molar-refractivity contribution in [3.05, 3.63) is 23.6 Å². The van der Waals surface area contributed by atoms with Crippen LogP contribution in [0.2, 0.25) is 0 Å². The smallest absolute Gasteiger partial charge is 0.0957 e. The van der Waals surface area contributed by atoms with Gasteiger partial charge in [0.25, 0.3) is 0 Å². The quantitative estimate of drug-likeness (QED) is 0.580. The van der Waals surface area contributed by atoms with Gasteiger partial charge in [0, 0.05) is 11.6 Å². The molecule has 3 N–H and O–H groups in total. The number of allylic oxidation sites excluding steroid dienone is 4. The zero-order valence-corrected chi connectivity index (χ0v) is 6.17. The van der Waals surface area contributed by atoms with E-state index in [1.54, 1.807) is 12.2 Å². The summed E-state index contributed by atoms with van der Waals surface area (Å²) >= 11 is 0. The van der Waals surface area contributed by atoms with E-state index in [-0.39, 0.29) is 5.92 Å². The molecule has 10 heavy (non-hydrogen) atoms. The minimum absolute atomic E-state index is 0.255. The largest absolute Gasteiger partial charge is 0.512 e. The molecule has 0 saturated heterocycles. The maximum atomic E-state index is 9.25. The van der Waals surface area contributed by atoms with E-state index in [1.807, 2.05) is 6.92 Å². The van der Waals surface area contributed by atoms with Crippen LogP contribution in [-0.4, -0.2) is 5.11 Å². The Labute approximate surface area is 61.0 Å². The molecule has 56 valence electrons. The fraction of sp³-hybridized carbons (Fsp3) is 0.500. The molecule has 0 amide bonds. The van der Waals surface area contributed by atoms with E-state index in [9.17, 15) is 5.11 Å². The molecule has 0 aromatic rings. The van der Waals surface area contributed by atoms with E-state index in [4.69, 9.17) is 5.73 Å². The average molecular weight is 139 g/mol. The van der Waals surface area contributed by atoms with Crippen LogP contribution in [-0.2, 0) is 0 Å². The summed E-state index contributed by atoms with van der Waals surface area (Å²) in [6, 6.07) is 0. The first-order valence-corrected chi connectivity index (χ1v) is 3.59. The first-order valence-electron chi connectivity index (χ1n) is 3.59. The van der Waals surface area contributed by atoms with Gasteiger partial charge in [-0.15, -0.1) is 0 Å². The molecule has 0 bridgehead atoms. The van der Waals surface area contributed by atoms with Crippen molar-refractivity contribution in [2.75, 3.05) is 0 Å². The van der Waals surface area contributed by atoms with Gasteiger partial charge in [-0.2, -0.15) is 0 Å². The lowest BCUT2D eigenvalue weighted by Crippen LogP contribution is -2.12. The van der Waals surface area contributed by atoms with Gasteiger partial charge in [-0.25, -0.2) is 0 Å². The van der Waals surface area contributed by atoms with Crippen LogP contribution < -0.4 is 5.73 Å². The van der Waals surface area contributed by atoms with E-state index in [2.05, 4.69) is 0 Å². The van der Waals surface area contributed by atoms with Crippen molar-refractivity contribution < 1.29 is 5.11 Å². The topological polar surface area (TPSA) is 46.2 Å². The van der Waals surface area contributed by atoms with Crippen molar-refractivity contribution in [2.45, 2.75) is 19.8 Å². The first-order chi connectivity index (χ1) is 4.74. The van der Waals surface area contributed by atoms with Gasteiger partial charge in [-0.1, -0.05) is 6.92 Å². The fourth-order valence-corrected chi connectivity index (χ4v) is 1.14. The van der Waals surface area contributed by atoms with Gasteiger partial charge in [0.05, 0.1) is 5.76 Å². The number of hydrogen-bond donors (Lipinski definition) is 2. The van der Waals surface area contributed by atoms with Gasteiger partial charge in [-0.05, 0) is 25.0 Å². The Morgan fingerprint density at radius 2 is 2.40 bits per heavy atom. The van der Waals surface area contributed by atoms with Crippen LogP contribution in [0.15, 0.2) is 23.6 Å². The van der Waals surface area contributed by atoms with Crippen LogP contribution >= 0.6 is 0 Å². The Bertz CT molecular complexity index is 182. The molecule has 0 spiro atoms. The maximum absolute atomic E-state index is 9.25. The molecule has 1 rings (SSSR count). The van der Waals surface area contributed by atoms with E-state index >= 15 is 0 Å². The standard InChI is InChI=1S/C8H13NO/c1-2-6-5-7(9)3-4-8(6)10/h3-4,6,10H,2,5,9H2,1H3/t6-/m1/s1. The van der Waals surface area contributed by atoms with Crippen molar-refractivity contribution >= 4 is 0 Å². The molecule has 1 aliphatic carbocycles. The second-order valence-corrected chi connectivity index (χ2v) is 2.64. The third-order valence-corrected chi connectivity index (χ3v) is 1.86. The van der Waals surface area contributed by atoms with E-state index in [0.717, 1.165) is 18.5 Å². The molecule has 2 nitrogen and oxygen atoms in total. The molecule has 1 aliphatic rings. The monoisotopic (exact) mass is 139 g/mol. The number of nitrogens with two attached hydrogens (primary N) is 1. The molecule has 1 atom stereocenters. The molecule has 0 aromatic heterocycles. The molecular formula is C8H13NO. The van der Waals surface area contributed by atoms with Crippen LogP contribution in [0.1, 0.15) is 19.8 Å². The lowest BCUT2D eigenvalue weighted by atomic mass is 9.94. The summed E-state index contributed by atoms with van der Waals surface area (Å²) in [5.41, 5.74) is 6.43. The SMILES string of the molecule is CC[C@@H]1CC(N)=CC=C1O. The molecular weight excluding hydrogens is 126 g/mol. The summed E-state index contributed by atoms with van der Waals surface area (Å²) < 4.78 is 0. The zero-order chi connectivity index (χ0) is 7.56. The normalized spacial score (nSPS) is 25.5. The molecule has 0 radical (unpaired) electrons. The number of aliphatic hydroxyl groups is 1. The zero-order valence-electron chi connectivity index (χ0n) is 6.17. The predicted molar refractivity (Wildman–Crippen MR) is 41.4 cm³/mol. The van der Waals surface area contributed by atoms with Crippen molar-refractivity contribution in [1.29, 1.82) is 0 Å². The van der Waals surface area contributed by atoms with E-state index in [0.29, 0.717) is 5.76 Å². The van der Waals surface area contributed by atoms with Crippen LogP contribution in [0, 0.1) is 5.92 Å². The number of hydrogen-bond acceptors (Lipinski definition) is 2. The predicted octanol–water partition coefficient (Wildman–Crippen LogP) is 1.70. The second kappa shape index (κ2) is 2.78. The molecule has 0 saturated carbocycles. The second-order valence-electron chi connectivity index (χ2n) is 2.64. The van der Waals surface area contributed by atoms with Crippen molar-refractivity contribution in [3.63, 3.8) is 0 Å². The van der Waals surface area contributed by atoms with Crippen molar-refractivity contribution in [2.24, 2.45) is 11.7 Å². The average Bonchev–Trinajstić information content (AvgIpc) is 1.94. The highest BCUT2D eigenvalue weighted by atomic mass is 16.3. The summed E-state index contributed by atoms with van der Waals surface area (Å²) in [5.74, 6) is 0.724. The summed E-state index contributed by atoms with van der Waals surface area (Å²) in [5, 5.41) is 9.25. The highest BCUT2D eigenvalue weighted by molar-refractivity contribution is 5.20. The van der Waals surface area contributed by atoms with Crippen LogP contribution in [0.3, 0.4) is 0 Å². The number of aliphatic hydroxyl groups excluding tert-OH is 1. The van der Waals surface area contributed by atoms with Gasteiger partial charge in [0.1, 0.15) is 0 Å². The van der Waals surface area contributed by atoms with Gasteiger partial charge in [0.15, 0.2) is 0 Å². The summed E-state index contributed by atoms with van der Waals surface area (Å²) in [4.78, 5) is 0. The molecule has 0 aromatic carbocycles. The molecule has 0 unspecified atom stereocenters. The summed E-state index contributed by atoms with van der Waals surface area (Å²) in [6.45, 7) is 2.05. The van der Waals surface area contributed by atoms with Gasteiger partial charge in [0.2, 0.25) is 0 Å². The lowest BCUT2D eigenvalue weighted by molar-refractivity contribution is 0.318. The third kappa shape index (κ3) is 1.32. The van der Waals surface area contributed by atoms with Gasteiger partial charge < -0.3 is 10.8 Å². The molecule has 0 aliphatic heterocycles. The van der Waals surface area contributed by atoms with E-state index < -0.39 is 0 Å². The molecule has 0 fully saturated rings. The maximum Gasteiger partial charge on any atom is 0.0957 e.